The van der Waals surface area contributed by atoms with Gasteiger partial charge in [0.25, 0.3) is 0 Å². The lowest BCUT2D eigenvalue weighted by Crippen LogP contribution is -2.21. The van der Waals surface area contributed by atoms with E-state index in [4.69, 9.17) is 9.47 Å². The normalized spacial score (nSPS) is 10.7. The summed E-state index contributed by atoms with van der Waals surface area (Å²) >= 11 is 0. The van der Waals surface area contributed by atoms with E-state index >= 15 is 0 Å². The van der Waals surface area contributed by atoms with Crippen LogP contribution in [0.3, 0.4) is 0 Å². The monoisotopic (exact) mass is 268 g/mol. The number of hydrogen-bond acceptors (Lipinski definition) is 5. The summed E-state index contributed by atoms with van der Waals surface area (Å²) < 4.78 is 10.3. The number of nitrogens with zero attached hydrogens (tertiary/aromatic N) is 1. The zero-order chi connectivity index (χ0) is 14.3. The fourth-order valence-corrected chi connectivity index (χ4v) is 1.49. The molecule has 6 nitrogen and oxygen atoms in total. The van der Waals surface area contributed by atoms with Gasteiger partial charge in [-0.05, 0) is 11.6 Å². The molecule has 0 fully saturated rings. The molecule has 0 radical (unpaired) electrons. The lowest BCUT2D eigenvalue weighted by atomic mass is 10.2. The van der Waals surface area contributed by atoms with Crippen molar-refractivity contribution in [2.75, 3.05) is 20.3 Å². The van der Waals surface area contributed by atoms with Crippen LogP contribution in [0.2, 0.25) is 0 Å². The maximum Gasteiger partial charge on any atom is 0.310 e. The Kier molecular flexibility index (Phi) is 6.24. The van der Waals surface area contributed by atoms with Crippen molar-refractivity contribution in [3.8, 4) is 5.75 Å². The number of hydrogen-bond donors (Lipinski definition) is 1. The van der Waals surface area contributed by atoms with Crippen LogP contribution in [0.25, 0.3) is 0 Å². The minimum Gasteiger partial charge on any atom is -0.484 e. The first-order valence-electron chi connectivity index (χ1n) is 6.17. The summed E-state index contributed by atoms with van der Waals surface area (Å²) in [7, 11) is 1.56. The van der Waals surface area contributed by atoms with Crippen LogP contribution in [0.15, 0.2) is 18.2 Å². The number of ether oxygens (including phenoxy) is 2. The second-order valence-electron chi connectivity index (χ2n) is 4.44. The highest BCUT2D eigenvalue weighted by molar-refractivity contribution is 5.48. The number of nitro benzene ring substituents is 1. The third-order valence-corrected chi connectivity index (χ3v) is 2.48. The van der Waals surface area contributed by atoms with Gasteiger partial charge in [0, 0.05) is 25.8 Å². The molecule has 0 aliphatic heterocycles. The second kappa shape index (κ2) is 7.70. The third-order valence-electron chi connectivity index (χ3n) is 2.48. The molecule has 19 heavy (non-hydrogen) atoms. The number of methoxy groups -OCH3 is 1. The van der Waals surface area contributed by atoms with Gasteiger partial charge in [-0.1, -0.05) is 19.9 Å². The molecule has 0 aliphatic rings. The summed E-state index contributed by atoms with van der Waals surface area (Å²) in [6.07, 6.45) is 0. The van der Waals surface area contributed by atoms with Gasteiger partial charge in [-0.15, -0.1) is 0 Å². The molecule has 0 aromatic heterocycles. The summed E-state index contributed by atoms with van der Waals surface area (Å²) in [5.74, 6) is 0.283. The largest absolute Gasteiger partial charge is 0.484 e. The Hall–Kier alpha value is -1.66. The van der Waals surface area contributed by atoms with Gasteiger partial charge in [-0.3, -0.25) is 10.1 Å². The van der Waals surface area contributed by atoms with Crippen molar-refractivity contribution in [1.82, 2.24) is 5.32 Å². The first kappa shape index (κ1) is 15.4. The summed E-state index contributed by atoms with van der Waals surface area (Å²) in [6, 6.07) is 5.26. The molecule has 0 bridgehead atoms. The van der Waals surface area contributed by atoms with Crippen LogP contribution < -0.4 is 10.1 Å². The molecule has 0 heterocycles. The van der Waals surface area contributed by atoms with E-state index in [0.29, 0.717) is 25.8 Å². The van der Waals surface area contributed by atoms with E-state index in [9.17, 15) is 10.1 Å². The standard InChI is InChI=1S/C13H20N2O4/c1-10(2)14-9-11-4-5-12(15(16)17)13(8-11)19-7-6-18-3/h4-5,8,10,14H,6-7,9H2,1-3H3. The Morgan fingerprint density at radius 1 is 1.37 bits per heavy atom. The molecule has 0 saturated heterocycles. The van der Waals surface area contributed by atoms with Crippen molar-refractivity contribution in [3.05, 3.63) is 33.9 Å². The van der Waals surface area contributed by atoms with Crippen LogP contribution >= 0.6 is 0 Å². The van der Waals surface area contributed by atoms with E-state index < -0.39 is 4.92 Å². The van der Waals surface area contributed by atoms with Gasteiger partial charge in [-0.2, -0.15) is 0 Å². The molecule has 1 aromatic carbocycles. The third kappa shape index (κ3) is 5.23. The summed E-state index contributed by atoms with van der Waals surface area (Å²) in [6.45, 7) is 5.42. The Morgan fingerprint density at radius 3 is 2.68 bits per heavy atom. The van der Waals surface area contributed by atoms with Gasteiger partial charge in [0.2, 0.25) is 0 Å². The average molecular weight is 268 g/mol. The molecule has 0 aliphatic carbocycles. The van der Waals surface area contributed by atoms with Crippen molar-refractivity contribution < 1.29 is 14.4 Å². The van der Waals surface area contributed by atoms with Crippen molar-refractivity contribution >= 4 is 5.69 Å². The lowest BCUT2D eigenvalue weighted by Gasteiger charge is -2.10. The van der Waals surface area contributed by atoms with Crippen LogP contribution in [0.1, 0.15) is 19.4 Å². The van der Waals surface area contributed by atoms with Crippen LogP contribution in [-0.2, 0) is 11.3 Å². The molecule has 0 spiro atoms. The molecule has 0 unspecified atom stereocenters. The topological polar surface area (TPSA) is 73.6 Å². The van der Waals surface area contributed by atoms with E-state index in [2.05, 4.69) is 5.32 Å². The molecule has 1 aromatic rings. The molecule has 106 valence electrons. The Morgan fingerprint density at radius 2 is 2.11 bits per heavy atom. The van der Waals surface area contributed by atoms with Crippen LogP contribution in [0.4, 0.5) is 5.69 Å². The Balaban J connectivity index is 2.81. The molecule has 1 rings (SSSR count). The molecule has 0 amide bonds. The van der Waals surface area contributed by atoms with Gasteiger partial charge >= 0.3 is 5.69 Å². The van der Waals surface area contributed by atoms with Gasteiger partial charge in [-0.25, -0.2) is 0 Å². The highest BCUT2D eigenvalue weighted by Gasteiger charge is 2.15. The first-order valence-corrected chi connectivity index (χ1v) is 6.17. The van der Waals surface area contributed by atoms with Gasteiger partial charge in [0.15, 0.2) is 5.75 Å². The predicted molar refractivity (Wildman–Crippen MR) is 72.4 cm³/mol. The summed E-state index contributed by atoms with van der Waals surface area (Å²) in [5.41, 5.74) is 0.927. The molecule has 0 atom stereocenters. The van der Waals surface area contributed by atoms with Crippen LogP contribution in [0.5, 0.6) is 5.75 Å². The fraction of sp³-hybridized carbons (Fsp3) is 0.538. The zero-order valence-corrected chi connectivity index (χ0v) is 11.5. The summed E-state index contributed by atoms with van der Waals surface area (Å²) in [4.78, 5) is 10.5. The van der Waals surface area contributed by atoms with Crippen LogP contribution in [0, 0.1) is 10.1 Å². The predicted octanol–water partition coefficient (Wildman–Crippen LogP) is 2.12. The lowest BCUT2D eigenvalue weighted by molar-refractivity contribution is -0.385. The molecule has 0 saturated carbocycles. The quantitative estimate of drug-likeness (QED) is 0.444. The van der Waals surface area contributed by atoms with Crippen LogP contribution in [-0.4, -0.2) is 31.3 Å². The van der Waals surface area contributed by atoms with E-state index in [1.165, 1.54) is 6.07 Å². The van der Waals surface area contributed by atoms with Gasteiger partial charge in [0.05, 0.1) is 11.5 Å². The minimum absolute atomic E-state index is 0.0237. The van der Waals surface area contributed by atoms with Gasteiger partial charge in [0.1, 0.15) is 6.61 Å². The summed E-state index contributed by atoms with van der Waals surface area (Å²) in [5, 5.41) is 14.2. The second-order valence-corrected chi connectivity index (χ2v) is 4.44. The SMILES string of the molecule is COCCOc1cc(CNC(C)C)ccc1[N+](=O)[O-]. The van der Waals surface area contributed by atoms with E-state index in [1.54, 1.807) is 19.2 Å². The number of benzene rings is 1. The Labute approximate surface area is 112 Å². The fourth-order valence-electron chi connectivity index (χ4n) is 1.49. The first-order chi connectivity index (χ1) is 9.04. The Bertz CT molecular complexity index is 421. The maximum absolute atomic E-state index is 10.9. The molecule has 6 heteroatoms. The number of nitrogens with one attached hydrogen (secondary N) is 1. The maximum atomic E-state index is 10.9. The minimum atomic E-state index is -0.443. The van der Waals surface area contributed by atoms with Gasteiger partial charge < -0.3 is 14.8 Å². The van der Waals surface area contributed by atoms with E-state index in [0.717, 1.165) is 5.56 Å². The molecule has 1 N–H and O–H groups in total. The average Bonchev–Trinajstić information content (AvgIpc) is 2.36. The van der Waals surface area contributed by atoms with Crippen molar-refractivity contribution in [1.29, 1.82) is 0 Å². The number of nitro groups is 1. The highest BCUT2D eigenvalue weighted by atomic mass is 16.6. The van der Waals surface area contributed by atoms with E-state index in [1.807, 2.05) is 13.8 Å². The molecular weight excluding hydrogens is 248 g/mol. The number of rotatable bonds is 8. The highest BCUT2D eigenvalue weighted by Crippen LogP contribution is 2.28. The smallest absolute Gasteiger partial charge is 0.310 e. The van der Waals surface area contributed by atoms with Crippen molar-refractivity contribution in [2.24, 2.45) is 0 Å². The zero-order valence-electron chi connectivity index (χ0n) is 11.5. The van der Waals surface area contributed by atoms with E-state index in [-0.39, 0.29) is 11.4 Å². The van der Waals surface area contributed by atoms with Crippen molar-refractivity contribution in [3.63, 3.8) is 0 Å². The van der Waals surface area contributed by atoms with Crippen molar-refractivity contribution in [2.45, 2.75) is 26.4 Å². The molecular formula is C13H20N2O4.